The van der Waals surface area contributed by atoms with Crippen molar-refractivity contribution in [2.75, 3.05) is 17.2 Å². The van der Waals surface area contributed by atoms with Crippen LogP contribution in [0.2, 0.25) is 5.02 Å². The molecule has 3 aromatic carbocycles. The van der Waals surface area contributed by atoms with Crippen molar-refractivity contribution in [3.63, 3.8) is 0 Å². The highest BCUT2D eigenvalue weighted by Gasteiger charge is 2.77. The van der Waals surface area contributed by atoms with Gasteiger partial charge in [-0.05, 0) is 49.1 Å². The number of nitrogens with zero attached hydrogens (tertiary/aromatic N) is 1. The highest BCUT2D eigenvalue weighted by Crippen LogP contribution is 2.60. The van der Waals surface area contributed by atoms with Crippen molar-refractivity contribution >= 4 is 56.6 Å². The second-order valence-electron chi connectivity index (χ2n) is 11.2. The van der Waals surface area contributed by atoms with Gasteiger partial charge in [-0.25, -0.2) is 0 Å². The van der Waals surface area contributed by atoms with Gasteiger partial charge in [0.1, 0.15) is 11.6 Å². The minimum atomic E-state index is -1.28. The molecule has 3 saturated heterocycles. The first-order valence-corrected chi connectivity index (χ1v) is 15.2. The summed E-state index contributed by atoms with van der Waals surface area (Å²) in [7, 11) is 0. The van der Waals surface area contributed by atoms with E-state index in [0.717, 1.165) is 11.1 Å². The lowest BCUT2D eigenvalue weighted by molar-refractivity contribution is -0.143. The molecule has 2 bridgehead atoms. The summed E-state index contributed by atoms with van der Waals surface area (Å²) < 4.78 is 6.60. The molecule has 7 atom stereocenters. The standard InChI is InChI=1S/C32H31BrClN3O5/c1-18-9-8-14-23(34)26(18)36-30(40)28-32-16-22(33)27(42-32)24(29(39)35-20-12-6-3-7-13-20)25(32)31(41)37(28)21(17-38)15-19-10-4-2-5-11-19/h2-14,21-22,24-25,27-28,38H,15-17H2,1H3,(H,35,39)(H,36,40)/t21-,22?,24-,25+,27-,28?,32?/m1/s1. The second-order valence-corrected chi connectivity index (χ2v) is 12.8. The van der Waals surface area contributed by atoms with Crippen LogP contribution in [0, 0.1) is 18.8 Å². The number of para-hydroxylation sites is 2. The number of fused-ring (bicyclic) bond motifs is 1. The Balaban J connectivity index is 1.41. The minimum absolute atomic E-state index is 0.257. The summed E-state index contributed by atoms with van der Waals surface area (Å²) in [5.41, 5.74) is 1.44. The molecule has 42 heavy (non-hydrogen) atoms. The quantitative estimate of drug-likeness (QED) is 0.309. The zero-order chi connectivity index (χ0) is 29.6. The number of hydrogen-bond acceptors (Lipinski definition) is 5. The zero-order valence-corrected chi connectivity index (χ0v) is 25.2. The third kappa shape index (κ3) is 4.82. The molecule has 0 saturated carbocycles. The molecule has 3 N–H and O–H groups in total. The first-order valence-electron chi connectivity index (χ1n) is 14.0. The highest BCUT2D eigenvalue weighted by atomic mass is 79.9. The second kappa shape index (κ2) is 11.4. The Morgan fingerprint density at radius 2 is 1.74 bits per heavy atom. The van der Waals surface area contributed by atoms with Gasteiger partial charge in [0.15, 0.2) is 0 Å². The molecule has 3 amide bonds. The van der Waals surface area contributed by atoms with E-state index in [4.69, 9.17) is 16.3 Å². The fraction of sp³-hybridized carbons (Fsp3) is 0.344. The number of aliphatic hydroxyl groups excluding tert-OH is 1. The molecule has 10 heteroatoms. The lowest BCUT2D eigenvalue weighted by Crippen LogP contribution is -2.57. The molecule has 3 fully saturated rings. The van der Waals surface area contributed by atoms with Crippen LogP contribution in [0.4, 0.5) is 11.4 Å². The van der Waals surface area contributed by atoms with Crippen LogP contribution in [-0.2, 0) is 25.5 Å². The third-order valence-electron chi connectivity index (χ3n) is 8.71. The maximum absolute atomic E-state index is 14.5. The van der Waals surface area contributed by atoms with Crippen molar-refractivity contribution in [2.45, 2.75) is 48.4 Å². The topological polar surface area (TPSA) is 108 Å². The molecule has 218 valence electrons. The van der Waals surface area contributed by atoms with E-state index in [-0.39, 0.29) is 23.2 Å². The molecule has 0 aliphatic carbocycles. The fourth-order valence-electron chi connectivity index (χ4n) is 6.93. The van der Waals surface area contributed by atoms with Gasteiger partial charge in [-0.3, -0.25) is 14.4 Å². The number of alkyl halides is 1. The molecular weight excluding hydrogens is 622 g/mol. The molecule has 8 nitrogen and oxygen atoms in total. The molecular formula is C32H31BrClN3O5. The van der Waals surface area contributed by atoms with Crippen molar-refractivity contribution in [3.8, 4) is 0 Å². The number of nitrogens with one attached hydrogen (secondary N) is 2. The van der Waals surface area contributed by atoms with Crippen molar-refractivity contribution in [1.29, 1.82) is 0 Å². The predicted molar refractivity (Wildman–Crippen MR) is 163 cm³/mol. The van der Waals surface area contributed by atoms with Gasteiger partial charge in [-0.2, -0.15) is 0 Å². The molecule has 3 aliphatic heterocycles. The molecule has 6 rings (SSSR count). The van der Waals surface area contributed by atoms with E-state index in [9.17, 15) is 19.5 Å². The molecule has 1 spiro atoms. The number of halogens is 2. The summed E-state index contributed by atoms with van der Waals surface area (Å²) in [4.78, 5) is 43.8. The van der Waals surface area contributed by atoms with Crippen molar-refractivity contribution in [2.24, 2.45) is 11.8 Å². The summed E-state index contributed by atoms with van der Waals surface area (Å²) in [5.74, 6) is -2.95. The Hall–Kier alpha value is -3.24. The normalized spacial score (nSPS) is 28.4. The van der Waals surface area contributed by atoms with Gasteiger partial charge in [0.05, 0.1) is 41.3 Å². The Labute approximate surface area is 257 Å². The average molecular weight is 653 g/mol. The van der Waals surface area contributed by atoms with Gasteiger partial charge >= 0.3 is 0 Å². The van der Waals surface area contributed by atoms with E-state index in [1.165, 1.54) is 4.90 Å². The lowest BCUT2D eigenvalue weighted by Gasteiger charge is -2.37. The largest absolute Gasteiger partial charge is 0.394 e. The van der Waals surface area contributed by atoms with Crippen molar-refractivity contribution in [3.05, 3.63) is 95.0 Å². The van der Waals surface area contributed by atoms with Gasteiger partial charge in [-0.1, -0.05) is 88.2 Å². The smallest absolute Gasteiger partial charge is 0.250 e. The number of anilines is 2. The number of benzene rings is 3. The average Bonchev–Trinajstić information content (AvgIpc) is 3.58. The van der Waals surface area contributed by atoms with Gasteiger partial charge in [-0.15, -0.1) is 0 Å². The summed E-state index contributed by atoms with van der Waals surface area (Å²) in [6.07, 6.45) is 0.0647. The lowest BCUT2D eigenvalue weighted by atomic mass is 9.70. The number of amides is 3. The third-order valence-corrected chi connectivity index (χ3v) is 9.87. The number of aryl methyl sites for hydroxylation is 1. The first-order chi connectivity index (χ1) is 20.2. The number of rotatable bonds is 8. The van der Waals surface area contributed by atoms with E-state index in [1.54, 1.807) is 24.3 Å². The zero-order valence-electron chi connectivity index (χ0n) is 22.9. The van der Waals surface area contributed by atoms with Crippen molar-refractivity contribution in [1.82, 2.24) is 4.90 Å². The Morgan fingerprint density at radius 1 is 1.05 bits per heavy atom. The summed E-state index contributed by atoms with van der Waals surface area (Å²) >= 11 is 10.2. The monoisotopic (exact) mass is 651 g/mol. The van der Waals surface area contributed by atoms with Crippen LogP contribution in [0.3, 0.4) is 0 Å². The molecule has 3 unspecified atom stereocenters. The van der Waals surface area contributed by atoms with Crippen molar-refractivity contribution < 1.29 is 24.2 Å². The number of ether oxygens (including phenoxy) is 1. The summed E-state index contributed by atoms with van der Waals surface area (Å²) in [6, 6.07) is 22.0. The number of carbonyl (C=O) groups is 3. The molecule has 0 radical (unpaired) electrons. The summed E-state index contributed by atoms with van der Waals surface area (Å²) in [5, 5.41) is 16.9. The van der Waals surface area contributed by atoms with E-state index in [1.807, 2.05) is 61.5 Å². The van der Waals surface area contributed by atoms with Crippen LogP contribution in [-0.4, -0.2) is 63.0 Å². The maximum atomic E-state index is 14.5. The fourth-order valence-corrected chi connectivity index (χ4v) is 8.14. The van der Waals surface area contributed by atoms with Crippen LogP contribution in [0.5, 0.6) is 0 Å². The van der Waals surface area contributed by atoms with E-state index in [2.05, 4.69) is 26.6 Å². The minimum Gasteiger partial charge on any atom is -0.394 e. The van der Waals surface area contributed by atoms with Crippen LogP contribution >= 0.6 is 27.5 Å². The van der Waals surface area contributed by atoms with Crippen LogP contribution in [0.25, 0.3) is 0 Å². The molecule has 3 aliphatic rings. The van der Waals surface area contributed by atoms with Gasteiger partial charge in [0.25, 0.3) is 0 Å². The van der Waals surface area contributed by atoms with Crippen LogP contribution in [0.1, 0.15) is 17.5 Å². The highest BCUT2D eigenvalue weighted by molar-refractivity contribution is 9.09. The summed E-state index contributed by atoms with van der Waals surface area (Å²) in [6.45, 7) is 1.46. The maximum Gasteiger partial charge on any atom is 0.250 e. The van der Waals surface area contributed by atoms with Crippen LogP contribution < -0.4 is 10.6 Å². The molecule has 0 aromatic heterocycles. The van der Waals surface area contributed by atoms with E-state index in [0.29, 0.717) is 29.2 Å². The van der Waals surface area contributed by atoms with E-state index >= 15 is 0 Å². The number of likely N-dealkylation sites (tertiary alicyclic amines) is 1. The van der Waals surface area contributed by atoms with Crippen LogP contribution in [0.15, 0.2) is 78.9 Å². The van der Waals surface area contributed by atoms with Gasteiger partial charge in [0, 0.05) is 10.5 Å². The Kier molecular flexibility index (Phi) is 7.87. The number of carbonyl (C=O) groups excluding carboxylic acids is 3. The van der Waals surface area contributed by atoms with Gasteiger partial charge in [0.2, 0.25) is 17.7 Å². The molecule has 3 heterocycles. The predicted octanol–water partition coefficient (Wildman–Crippen LogP) is 4.58. The number of hydrogen-bond donors (Lipinski definition) is 3. The number of aliphatic hydroxyl groups is 1. The Bertz CT molecular complexity index is 1490. The van der Waals surface area contributed by atoms with Gasteiger partial charge < -0.3 is 25.4 Å². The SMILES string of the molecule is Cc1cccc(Cl)c1NC(=O)C1N([C@@H](CO)Cc2ccccc2)C(=O)[C@@H]2[C@@H](C(=O)Nc3ccccc3)[C@@H]3OC12CC3Br. The Morgan fingerprint density at radius 3 is 2.40 bits per heavy atom. The first kappa shape index (κ1) is 28.9. The molecule has 3 aromatic rings. The van der Waals surface area contributed by atoms with E-state index < -0.39 is 41.5 Å².